The standard InChI is InChI=1S/C8H15NO4/c1-9(2)6(5-10)4-7(13-3)8(11)12/h5-7H,4H2,1-3H3,(H,11,12). The van der Waals surface area contributed by atoms with Gasteiger partial charge in [0.2, 0.25) is 0 Å². The zero-order valence-electron chi connectivity index (χ0n) is 8.06. The number of hydrogen-bond donors (Lipinski definition) is 1. The van der Waals surface area contributed by atoms with Gasteiger partial charge in [0.15, 0.2) is 6.10 Å². The quantitative estimate of drug-likeness (QED) is 0.576. The first-order chi connectivity index (χ1) is 6.02. The van der Waals surface area contributed by atoms with E-state index in [4.69, 9.17) is 9.84 Å². The summed E-state index contributed by atoms with van der Waals surface area (Å²) in [6.45, 7) is 0. The van der Waals surface area contributed by atoms with E-state index < -0.39 is 18.1 Å². The van der Waals surface area contributed by atoms with E-state index >= 15 is 0 Å². The molecule has 0 fully saturated rings. The van der Waals surface area contributed by atoms with Crippen LogP contribution in [0.2, 0.25) is 0 Å². The lowest BCUT2D eigenvalue weighted by molar-refractivity contribution is -0.149. The summed E-state index contributed by atoms with van der Waals surface area (Å²) >= 11 is 0. The Morgan fingerprint density at radius 3 is 2.38 bits per heavy atom. The molecule has 0 bridgehead atoms. The maximum atomic E-state index is 10.5. The van der Waals surface area contributed by atoms with E-state index in [0.29, 0.717) is 0 Å². The van der Waals surface area contributed by atoms with Gasteiger partial charge in [0.25, 0.3) is 0 Å². The number of rotatable bonds is 6. The highest BCUT2D eigenvalue weighted by atomic mass is 16.5. The monoisotopic (exact) mass is 189 g/mol. The van der Waals surface area contributed by atoms with Crippen LogP contribution in [0.25, 0.3) is 0 Å². The third-order valence-electron chi connectivity index (χ3n) is 1.84. The van der Waals surface area contributed by atoms with E-state index in [1.807, 2.05) is 0 Å². The van der Waals surface area contributed by atoms with Crippen LogP contribution in [0.3, 0.4) is 0 Å². The number of carbonyl (C=O) groups excluding carboxylic acids is 1. The molecule has 0 aliphatic rings. The molecule has 5 nitrogen and oxygen atoms in total. The Balaban J connectivity index is 4.19. The fourth-order valence-corrected chi connectivity index (χ4v) is 0.905. The lowest BCUT2D eigenvalue weighted by Gasteiger charge is -2.21. The number of methoxy groups -OCH3 is 1. The van der Waals surface area contributed by atoms with Crippen molar-refractivity contribution in [3.05, 3.63) is 0 Å². The van der Waals surface area contributed by atoms with Crippen LogP contribution in [0, 0.1) is 0 Å². The number of hydrogen-bond acceptors (Lipinski definition) is 4. The lowest BCUT2D eigenvalue weighted by atomic mass is 10.1. The van der Waals surface area contributed by atoms with Crippen LogP contribution < -0.4 is 0 Å². The van der Waals surface area contributed by atoms with Crippen LogP contribution in [0.4, 0.5) is 0 Å². The Kier molecular flexibility index (Phi) is 5.25. The summed E-state index contributed by atoms with van der Waals surface area (Å²) in [5.74, 6) is -1.05. The molecule has 0 spiro atoms. The second-order valence-corrected chi connectivity index (χ2v) is 2.97. The largest absolute Gasteiger partial charge is 0.479 e. The van der Waals surface area contributed by atoms with Gasteiger partial charge in [-0.15, -0.1) is 0 Å². The Bertz CT molecular complexity index is 181. The van der Waals surface area contributed by atoms with Crippen LogP contribution in [-0.4, -0.2) is 55.6 Å². The summed E-state index contributed by atoms with van der Waals surface area (Å²) < 4.78 is 4.71. The van der Waals surface area contributed by atoms with Gasteiger partial charge in [-0.1, -0.05) is 0 Å². The predicted molar refractivity (Wildman–Crippen MR) is 46.6 cm³/mol. The Labute approximate surface area is 77.3 Å². The normalized spacial score (nSPS) is 15.4. The summed E-state index contributed by atoms with van der Waals surface area (Å²) in [5.41, 5.74) is 0. The molecule has 0 rings (SSSR count). The minimum atomic E-state index is -1.05. The molecular formula is C8H15NO4. The number of aldehydes is 1. The molecule has 0 aromatic carbocycles. The van der Waals surface area contributed by atoms with Gasteiger partial charge >= 0.3 is 5.97 Å². The van der Waals surface area contributed by atoms with Crippen molar-refractivity contribution in [2.75, 3.05) is 21.2 Å². The molecule has 0 aromatic rings. The van der Waals surface area contributed by atoms with Gasteiger partial charge < -0.3 is 14.6 Å². The molecule has 0 aliphatic carbocycles. The van der Waals surface area contributed by atoms with Crippen molar-refractivity contribution in [2.45, 2.75) is 18.6 Å². The Morgan fingerprint density at radius 1 is 1.62 bits per heavy atom. The van der Waals surface area contributed by atoms with Crippen LogP contribution in [0.15, 0.2) is 0 Å². The van der Waals surface area contributed by atoms with Crippen molar-refractivity contribution >= 4 is 12.3 Å². The van der Waals surface area contributed by atoms with Crippen LogP contribution in [0.1, 0.15) is 6.42 Å². The van der Waals surface area contributed by atoms with Gasteiger partial charge in [-0.2, -0.15) is 0 Å². The summed E-state index contributed by atoms with van der Waals surface area (Å²) in [6, 6.07) is -0.416. The number of carboxylic acids is 1. The summed E-state index contributed by atoms with van der Waals surface area (Å²) in [7, 11) is 4.75. The van der Waals surface area contributed by atoms with E-state index in [9.17, 15) is 9.59 Å². The van der Waals surface area contributed by atoms with Gasteiger partial charge in [-0.25, -0.2) is 4.79 Å². The van der Waals surface area contributed by atoms with Crippen LogP contribution in [-0.2, 0) is 14.3 Å². The molecule has 2 atom stereocenters. The van der Waals surface area contributed by atoms with Crippen LogP contribution in [0.5, 0.6) is 0 Å². The molecule has 0 saturated carbocycles. The molecule has 0 aliphatic heterocycles. The molecular weight excluding hydrogens is 174 g/mol. The predicted octanol–water partition coefficient (Wildman–Crippen LogP) is -0.395. The molecule has 0 heterocycles. The molecule has 0 saturated heterocycles. The SMILES string of the molecule is COC(CC(C=O)N(C)C)C(=O)O. The fraction of sp³-hybridized carbons (Fsp3) is 0.750. The van der Waals surface area contributed by atoms with E-state index in [-0.39, 0.29) is 6.42 Å². The third kappa shape index (κ3) is 4.00. The smallest absolute Gasteiger partial charge is 0.332 e. The zero-order valence-corrected chi connectivity index (χ0v) is 8.06. The van der Waals surface area contributed by atoms with Crippen molar-refractivity contribution in [3.63, 3.8) is 0 Å². The lowest BCUT2D eigenvalue weighted by Crippen LogP contribution is -2.36. The molecule has 1 N–H and O–H groups in total. The maximum absolute atomic E-state index is 10.5. The summed E-state index contributed by atoms with van der Waals surface area (Å²) in [6.07, 6.45) is -0.0327. The number of aliphatic carboxylic acids is 1. The summed E-state index contributed by atoms with van der Waals surface area (Å²) in [5, 5.41) is 8.64. The Hall–Kier alpha value is -0.940. The third-order valence-corrected chi connectivity index (χ3v) is 1.84. The average Bonchev–Trinajstić information content (AvgIpc) is 2.05. The minimum Gasteiger partial charge on any atom is -0.479 e. The first-order valence-corrected chi connectivity index (χ1v) is 3.90. The van der Waals surface area contributed by atoms with E-state index in [1.54, 1.807) is 19.0 Å². The van der Waals surface area contributed by atoms with E-state index in [2.05, 4.69) is 0 Å². The molecule has 0 amide bonds. The number of carboxylic acid groups (broad SMARTS) is 1. The number of likely N-dealkylation sites (N-methyl/N-ethyl adjacent to an activating group) is 1. The first-order valence-electron chi connectivity index (χ1n) is 3.90. The molecule has 0 aromatic heterocycles. The van der Waals surface area contributed by atoms with Gasteiger partial charge in [-0.3, -0.25) is 4.90 Å². The van der Waals surface area contributed by atoms with Gasteiger partial charge in [-0.05, 0) is 14.1 Å². The first kappa shape index (κ1) is 12.1. The molecule has 5 heteroatoms. The number of nitrogens with zero attached hydrogens (tertiary/aromatic N) is 1. The summed E-state index contributed by atoms with van der Waals surface area (Å²) in [4.78, 5) is 22.7. The van der Waals surface area contributed by atoms with Crippen molar-refractivity contribution in [2.24, 2.45) is 0 Å². The minimum absolute atomic E-state index is 0.169. The topological polar surface area (TPSA) is 66.8 Å². The van der Waals surface area contributed by atoms with E-state index in [0.717, 1.165) is 6.29 Å². The van der Waals surface area contributed by atoms with Crippen molar-refractivity contribution in [1.29, 1.82) is 0 Å². The van der Waals surface area contributed by atoms with Crippen LogP contribution >= 0.6 is 0 Å². The number of carbonyl (C=O) groups is 2. The van der Waals surface area contributed by atoms with E-state index in [1.165, 1.54) is 7.11 Å². The molecule has 2 unspecified atom stereocenters. The second kappa shape index (κ2) is 5.66. The molecule has 13 heavy (non-hydrogen) atoms. The van der Waals surface area contributed by atoms with Crippen molar-refractivity contribution in [3.8, 4) is 0 Å². The van der Waals surface area contributed by atoms with Crippen molar-refractivity contribution in [1.82, 2.24) is 4.90 Å². The second-order valence-electron chi connectivity index (χ2n) is 2.97. The fourth-order valence-electron chi connectivity index (χ4n) is 0.905. The van der Waals surface area contributed by atoms with Gasteiger partial charge in [0.1, 0.15) is 6.29 Å². The highest BCUT2D eigenvalue weighted by molar-refractivity contribution is 5.73. The average molecular weight is 189 g/mol. The Morgan fingerprint density at radius 2 is 2.15 bits per heavy atom. The van der Waals surface area contributed by atoms with Gasteiger partial charge in [0.05, 0.1) is 6.04 Å². The van der Waals surface area contributed by atoms with Gasteiger partial charge in [0, 0.05) is 13.5 Å². The zero-order chi connectivity index (χ0) is 10.4. The highest BCUT2D eigenvalue weighted by Crippen LogP contribution is 2.04. The van der Waals surface area contributed by atoms with Crippen molar-refractivity contribution < 1.29 is 19.4 Å². The number of ether oxygens (including phenoxy) is 1. The highest BCUT2D eigenvalue weighted by Gasteiger charge is 2.22. The molecule has 0 radical (unpaired) electrons. The molecule has 76 valence electrons. The maximum Gasteiger partial charge on any atom is 0.332 e.